The monoisotopic (exact) mass is 458 g/mol. The zero-order chi connectivity index (χ0) is 23.1. The molecule has 0 amide bonds. The Morgan fingerprint density at radius 3 is 1.81 bits per heavy atom. The SMILES string of the molecule is COc1ccc(CN(Cc2ccc(OC)cc2)S(=O)(=O)c2cnn(CCN(C)C)c2)cc1. The highest BCUT2D eigenvalue weighted by molar-refractivity contribution is 7.89. The van der Waals surface area contributed by atoms with Gasteiger partial charge in [0.15, 0.2) is 0 Å². The van der Waals surface area contributed by atoms with E-state index in [1.807, 2.05) is 67.5 Å². The second kappa shape index (κ2) is 10.6. The maximum Gasteiger partial charge on any atom is 0.246 e. The van der Waals surface area contributed by atoms with Gasteiger partial charge in [-0.15, -0.1) is 0 Å². The fourth-order valence-corrected chi connectivity index (χ4v) is 4.52. The normalized spacial score (nSPS) is 11.8. The van der Waals surface area contributed by atoms with Crippen LogP contribution in [0.2, 0.25) is 0 Å². The second-order valence-electron chi connectivity index (χ2n) is 7.71. The van der Waals surface area contributed by atoms with Gasteiger partial charge in [-0.05, 0) is 49.5 Å². The molecule has 0 aliphatic rings. The van der Waals surface area contributed by atoms with Gasteiger partial charge < -0.3 is 14.4 Å². The molecule has 0 aliphatic carbocycles. The van der Waals surface area contributed by atoms with Crippen LogP contribution in [0.15, 0.2) is 65.8 Å². The van der Waals surface area contributed by atoms with Gasteiger partial charge in [-0.25, -0.2) is 8.42 Å². The van der Waals surface area contributed by atoms with Gasteiger partial charge in [0.05, 0.1) is 27.0 Å². The molecule has 0 saturated carbocycles. The molecule has 0 unspecified atom stereocenters. The van der Waals surface area contributed by atoms with Crippen LogP contribution in [0.5, 0.6) is 11.5 Å². The van der Waals surface area contributed by atoms with Crippen LogP contribution in [0.1, 0.15) is 11.1 Å². The summed E-state index contributed by atoms with van der Waals surface area (Å²) in [5.74, 6) is 1.45. The molecule has 0 fully saturated rings. The smallest absolute Gasteiger partial charge is 0.246 e. The third-order valence-electron chi connectivity index (χ3n) is 5.06. The molecule has 0 saturated heterocycles. The van der Waals surface area contributed by atoms with Crippen molar-refractivity contribution in [1.82, 2.24) is 19.0 Å². The summed E-state index contributed by atoms with van der Waals surface area (Å²) in [5, 5.41) is 4.25. The maximum atomic E-state index is 13.6. The Balaban J connectivity index is 1.88. The van der Waals surface area contributed by atoms with Crippen molar-refractivity contribution in [3.63, 3.8) is 0 Å². The lowest BCUT2D eigenvalue weighted by molar-refractivity contribution is 0.373. The van der Waals surface area contributed by atoms with Crippen LogP contribution in [-0.4, -0.2) is 62.3 Å². The quantitative estimate of drug-likeness (QED) is 0.440. The van der Waals surface area contributed by atoms with E-state index in [0.717, 1.165) is 29.2 Å². The highest BCUT2D eigenvalue weighted by Gasteiger charge is 2.26. The number of hydrogen-bond acceptors (Lipinski definition) is 6. The molecule has 32 heavy (non-hydrogen) atoms. The van der Waals surface area contributed by atoms with Crippen LogP contribution in [-0.2, 0) is 29.7 Å². The maximum absolute atomic E-state index is 13.6. The zero-order valence-electron chi connectivity index (χ0n) is 18.9. The first kappa shape index (κ1) is 23.8. The van der Waals surface area contributed by atoms with E-state index in [0.29, 0.717) is 6.54 Å². The third-order valence-corrected chi connectivity index (χ3v) is 6.80. The molecule has 8 nitrogen and oxygen atoms in total. The number of rotatable bonds is 11. The van der Waals surface area contributed by atoms with Crippen LogP contribution in [0, 0.1) is 0 Å². The van der Waals surface area contributed by atoms with Crippen molar-refractivity contribution in [3.8, 4) is 11.5 Å². The minimum absolute atomic E-state index is 0.179. The standard InChI is InChI=1S/C23H30N4O4S/c1-25(2)13-14-26-18-23(15-24-26)32(28,29)27(16-19-5-9-21(30-3)10-6-19)17-20-7-11-22(31-4)12-8-20/h5-12,15,18H,13-14,16-17H2,1-4H3. The lowest BCUT2D eigenvalue weighted by Gasteiger charge is -2.22. The summed E-state index contributed by atoms with van der Waals surface area (Å²) < 4.78 is 40.6. The number of aromatic nitrogens is 2. The van der Waals surface area contributed by atoms with Gasteiger partial charge in [0, 0.05) is 25.8 Å². The lowest BCUT2D eigenvalue weighted by Crippen LogP contribution is -2.30. The Kier molecular flexibility index (Phi) is 7.89. The minimum Gasteiger partial charge on any atom is -0.497 e. The molecule has 9 heteroatoms. The van der Waals surface area contributed by atoms with Gasteiger partial charge in [0.2, 0.25) is 10.0 Å². The summed E-state index contributed by atoms with van der Waals surface area (Å²) in [6, 6.07) is 14.8. The topological polar surface area (TPSA) is 76.9 Å². The van der Waals surface area contributed by atoms with Crippen molar-refractivity contribution in [3.05, 3.63) is 72.1 Å². The summed E-state index contributed by atoms with van der Waals surface area (Å²) in [6.45, 7) is 1.82. The average Bonchev–Trinajstić information content (AvgIpc) is 3.28. The minimum atomic E-state index is -3.77. The fourth-order valence-electron chi connectivity index (χ4n) is 3.15. The van der Waals surface area contributed by atoms with Crippen LogP contribution in [0.3, 0.4) is 0 Å². The van der Waals surface area contributed by atoms with Gasteiger partial charge in [-0.3, -0.25) is 4.68 Å². The predicted molar refractivity (Wildman–Crippen MR) is 123 cm³/mol. The summed E-state index contributed by atoms with van der Waals surface area (Å²) >= 11 is 0. The van der Waals surface area contributed by atoms with Crippen molar-refractivity contribution in [1.29, 1.82) is 0 Å². The van der Waals surface area contributed by atoms with Crippen LogP contribution in [0.25, 0.3) is 0 Å². The van der Waals surface area contributed by atoms with E-state index in [2.05, 4.69) is 5.10 Å². The number of ether oxygens (including phenoxy) is 2. The van der Waals surface area contributed by atoms with Crippen molar-refractivity contribution in [2.24, 2.45) is 0 Å². The molecule has 0 aliphatic heterocycles. The van der Waals surface area contributed by atoms with E-state index in [1.54, 1.807) is 25.1 Å². The van der Waals surface area contributed by atoms with Crippen LogP contribution < -0.4 is 9.47 Å². The van der Waals surface area contributed by atoms with Crippen LogP contribution in [0.4, 0.5) is 0 Å². The van der Waals surface area contributed by atoms with E-state index in [1.165, 1.54) is 10.5 Å². The second-order valence-corrected chi connectivity index (χ2v) is 9.65. The molecule has 0 spiro atoms. The molecule has 3 aromatic rings. The summed E-state index contributed by atoms with van der Waals surface area (Å²) in [4.78, 5) is 2.20. The molecule has 172 valence electrons. The lowest BCUT2D eigenvalue weighted by atomic mass is 10.2. The van der Waals surface area contributed by atoms with Gasteiger partial charge in [-0.2, -0.15) is 9.40 Å². The summed E-state index contributed by atoms with van der Waals surface area (Å²) in [5.41, 5.74) is 1.73. The van der Waals surface area contributed by atoms with Crippen LogP contribution >= 0.6 is 0 Å². The fraction of sp³-hybridized carbons (Fsp3) is 0.348. The molecule has 1 aromatic heterocycles. The van der Waals surface area contributed by atoms with Gasteiger partial charge >= 0.3 is 0 Å². The predicted octanol–water partition coefficient (Wildman–Crippen LogP) is 2.85. The van der Waals surface area contributed by atoms with E-state index in [9.17, 15) is 8.42 Å². The first-order valence-electron chi connectivity index (χ1n) is 10.2. The summed E-state index contributed by atoms with van der Waals surface area (Å²) in [7, 11) is 3.36. The molecule has 0 atom stereocenters. The van der Waals surface area contributed by atoms with E-state index >= 15 is 0 Å². The van der Waals surface area contributed by atoms with Gasteiger partial charge in [-0.1, -0.05) is 24.3 Å². The first-order chi connectivity index (χ1) is 15.3. The Bertz CT molecular complexity index is 1040. The number of benzene rings is 2. The molecule has 3 rings (SSSR count). The summed E-state index contributed by atoms with van der Waals surface area (Å²) in [6.07, 6.45) is 3.01. The molecule has 0 bridgehead atoms. The highest BCUT2D eigenvalue weighted by Crippen LogP contribution is 2.23. The van der Waals surface area contributed by atoms with Gasteiger partial charge in [0.25, 0.3) is 0 Å². The van der Waals surface area contributed by atoms with E-state index in [4.69, 9.17) is 9.47 Å². The number of hydrogen-bond donors (Lipinski definition) is 0. The number of nitrogens with zero attached hydrogens (tertiary/aromatic N) is 4. The largest absolute Gasteiger partial charge is 0.497 e. The highest BCUT2D eigenvalue weighted by atomic mass is 32.2. The Morgan fingerprint density at radius 1 is 0.875 bits per heavy atom. The Morgan fingerprint density at radius 2 is 1.38 bits per heavy atom. The average molecular weight is 459 g/mol. The zero-order valence-corrected chi connectivity index (χ0v) is 19.7. The van der Waals surface area contributed by atoms with Crippen molar-refractivity contribution < 1.29 is 17.9 Å². The number of sulfonamides is 1. The van der Waals surface area contributed by atoms with E-state index < -0.39 is 10.0 Å². The first-order valence-corrected chi connectivity index (χ1v) is 11.7. The van der Waals surface area contributed by atoms with E-state index in [-0.39, 0.29) is 18.0 Å². The van der Waals surface area contributed by atoms with Gasteiger partial charge in [0.1, 0.15) is 16.4 Å². The molecule has 0 N–H and O–H groups in total. The molecular weight excluding hydrogens is 428 g/mol. The Labute approximate surface area is 190 Å². The molecule has 1 heterocycles. The Hall–Kier alpha value is -2.88. The number of likely N-dealkylation sites (N-methyl/N-ethyl adjacent to an activating group) is 1. The third kappa shape index (κ3) is 6.09. The molecule has 0 radical (unpaired) electrons. The molecule has 2 aromatic carbocycles. The number of methoxy groups -OCH3 is 2. The molecular formula is C23H30N4O4S. The van der Waals surface area contributed by atoms with Crippen molar-refractivity contribution in [2.45, 2.75) is 24.5 Å². The van der Waals surface area contributed by atoms with Crippen molar-refractivity contribution >= 4 is 10.0 Å². The van der Waals surface area contributed by atoms with Crippen molar-refractivity contribution in [2.75, 3.05) is 34.9 Å².